The van der Waals surface area contributed by atoms with Gasteiger partial charge in [0.2, 0.25) is 16.9 Å². The first kappa shape index (κ1) is 27.3. The summed E-state index contributed by atoms with van der Waals surface area (Å²) in [7, 11) is 0. The largest absolute Gasteiger partial charge is 0.339 e. The highest BCUT2D eigenvalue weighted by atomic mass is 35.5. The van der Waals surface area contributed by atoms with Crippen LogP contribution in [0.15, 0.2) is 24.3 Å². The van der Waals surface area contributed by atoms with Crippen LogP contribution in [-0.4, -0.2) is 39.5 Å². The lowest BCUT2D eigenvalue weighted by molar-refractivity contribution is -0.133. The molecule has 0 bridgehead atoms. The number of halogens is 1. The molecule has 182 valence electrons. The van der Waals surface area contributed by atoms with E-state index >= 15 is 0 Å². The second-order valence-corrected chi connectivity index (χ2v) is 9.85. The van der Waals surface area contributed by atoms with Crippen molar-refractivity contribution >= 4 is 39.9 Å². The van der Waals surface area contributed by atoms with E-state index in [0.717, 1.165) is 24.8 Å². The highest BCUT2D eigenvalue weighted by Gasteiger charge is 2.20. The molecule has 2 aromatic rings. The van der Waals surface area contributed by atoms with Crippen LogP contribution in [0.25, 0.3) is 10.6 Å². The third kappa shape index (κ3) is 9.80. The Balaban J connectivity index is 1.79. The van der Waals surface area contributed by atoms with Crippen molar-refractivity contribution in [1.29, 1.82) is 0 Å². The first-order valence-corrected chi connectivity index (χ1v) is 13.3. The van der Waals surface area contributed by atoms with E-state index in [0.29, 0.717) is 28.1 Å². The van der Waals surface area contributed by atoms with Crippen LogP contribution in [0.4, 0.5) is 5.13 Å². The van der Waals surface area contributed by atoms with Gasteiger partial charge in [-0.2, -0.15) is 0 Å². The fourth-order valence-corrected chi connectivity index (χ4v) is 4.47. The van der Waals surface area contributed by atoms with Gasteiger partial charge in [-0.15, -0.1) is 10.2 Å². The van der Waals surface area contributed by atoms with Crippen molar-refractivity contribution in [2.24, 2.45) is 0 Å². The third-order valence-corrected chi connectivity index (χ3v) is 6.92. The van der Waals surface area contributed by atoms with Gasteiger partial charge in [-0.1, -0.05) is 87.4 Å². The molecule has 33 heavy (non-hydrogen) atoms. The fourth-order valence-electron chi connectivity index (χ4n) is 3.57. The van der Waals surface area contributed by atoms with Crippen molar-refractivity contribution < 1.29 is 9.59 Å². The first-order chi connectivity index (χ1) is 15.9. The van der Waals surface area contributed by atoms with Crippen LogP contribution in [0, 0.1) is 0 Å². The lowest BCUT2D eigenvalue weighted by atomic mass is 10.1. The van der Waals surface area contributed by atoms with Crippen molar-refractivity contribution in [2.45, 2.75) is 91.0 Å². The van der Waals surface area contributed by atoms with Gasteiger partial charge in [0, 0.05) is 36.0 Å². The predicted molar refractivity (Wildman–Crippen MR) is 138 cm³/mol. The zero-order valence-corrected chi connectivity index (χ0v) is 21.7. The van der Waals surface area contributed by atoms with E-state index in [4.69, 9.17) is 11.6 Å². The summed E-state index contributed by atoms with van der Waals surface area (Å²) in [5, 5.41) is 12.9. The number of hydrogen-bond acceptors (Lipinski definition) is 5. The molecule has 1 heterocycles. The Morgan fingerprint density at radius 1 is 1.00 bits per heavy atom. The molecule has 2 amide bonds. The van der Waals surface area contributed by atoms with Crippen LogP contribution in [0.1, 0.15) is 85.0 Å². The Hall–Kier alpha value is -1.99. The summed E-state index contributed by atoms with van der Waals surface area (Å²) in [6, 6.07) is 7.45. The number of benzene rings is 1. The number of carbonyl (C=O) groups is 2. The molecular weight excluding hydrogens is 456 g/mol. The summed E-state index contributed by atoms with van der Waals surface area (Å²) >= 11 is 7.24. The minimum Gasteiger partial charge on any atom is -0.339 e. The molecule has 1 aromatic heterocycles. The molecule has 8 heteroatoms. The maximum atomic E-state index is 12.8. The summed E-state index contributed by atoms with van der Waals surface area (Å²) in [4.78, 5) is 27.2. The molecule has 1 atom stereocenters. The lowest BCUT2D eigenvalue weighted by Gasteiger charge is -2.28. The summed E-state index contributed by atoms with van der Waals surface area (Å²) in [6.07, 6.45) is 9.95. The normalized spacial score (nSPS) is 11.9. The maximum Gasteiger partial charge on any atom is 0.227 e. The van der Waals surface area contributed by atoms with Crippen molar-refractivity contribution in [1.82, 2.24) is 15.1 Å². The number of anilines is 1. The van der Waals surface area contributed by atoms with Gasteiger partial charge in [-0.3, -0.25) is 9.59 Å². The molecule has 0 spiro atoms. The van der Waals surface area contributed by atoms with E-state index in [1.165, 1.54) is 43.4 Å². The van der Waals surface area contributed by atoms with Crippen LogP contribution in [0.5, 0.6) is 0 Å². The van der Waals surface area contributed by atoms with Crippen LogP contribution in [-0.2, 0) is 9.59 Å². The van der Waals surface area contributed by atoms with E-state index in [1.807, 2.05) is 24.0 Å². The molecule has 0 aliphatic rings. The van der Waals surface area contributed by atoms with Crippen molar-refractivity contribution in [3.05, 3.63) is 29.3 Å². The summed E-state index contributed by atoms with van der Waals surface area (Å²) in [6.45, 7) is 6.75. The van der Waals surface area contributed by atoms with Crippen LogP contribution in [0.3, 0.4) is 0 Å². The zero-order valence-electron chi connectivity index (χ0n) is 20.1. The third-order valence-electron chi connectivity index (χ3n) is 5.78. The molecule has 6 nitrogen and oxygen atoms in total. The topological polar surface area (TPSA) is 75.2 Å². The van der Waals surface area contributed by atoms with Gasteiger partial charge in [-0.05, 0) is 31.9 Å². The molecule has 0 radical (unpaired) electrons. The van der Waals surface area contributed by atoms with Crippen molar-refractivity contribution in [3.8, 4) is 10.6 Å². The first-order valence-electron chi connectivity index (χ1n) is 12.1. The second kappa shape index (κ2) is 15.0. The SMILES string of the molecule is CCCCCCCCCC(=O)N(CCC(=O)Nc1nnc(-c2ccc(Cl)cc2)s1)[C@@H](C)CC. The standard InChI is InChI=1S/C25H37ClN4O2S/c1-4-6-7-8-9-10-11-12-23(32)30(19(3)5-2)18-17-22(31)27-25-29-28-24(33-25)20-13-15-21(26)16-14-20/h13-16,19H,4-12,17-18H2,1-3H3,(H,27,29,31)/t19-/m0/s1. The second-order valence-electron chi connectivity index (χ2n) is 8.43. The number of nitrogens with zero attached hydrogens (tertiary/aromatic N) is 3. The maximum absolute atomic E-state index is 12.8. The Bertz CT molecular complexity index is 856. The molecule has 0 aliphatic carbocycles. The molecular formula is C25H37ClN4O2S. The number of hydrogen-bond donors (Lipinski definition) is 1. The van der Waals surface area contributed by atoms with E-state index < -0.39 is 0 Å². The Morgan fingerprint density at radius 2 is 1.67 bits per heavy atom. The van der Waals surface area contributed by atoms with E-state index in [-0.39, 0.29) is 24.3 Å². The van der Waals surface area contributed by atoms with Gasteiger partial charge in [0.1, 0.15) is 5.01 Å². The number of carbonyl (C=O) groups excluding carboxylic acids is 2. The van der Waals surface area contributed by atoms with E-state index in [2.05, 4.69) is 29.4 Å². The monoisotopic (exact) mass is 492 g/mol. The van der Waals surface area contributed by atoms with Crippen molar-refractivity contribution in [3.63, 3.8) is 0 Å². The minimum atomic E-state index is -0.161. The number of nitrogens with one attached hydrogen (secondary N) is 1. The molecule has 0 aliphatic heterocycles. The average molecular weight is 493 g/mol. The molecule has 2 rings (SSSR count). The number of unbranched alkanes of at least 4 members (excludes halogenated alkanes) is 6. The molecule has 0 fully saturated rings. The average Bonchev–Trinajstić information content (AvgIpc) is 3.27. The lowest BCUT2D eigenvalue weighted by Crippen LogP contribution is -2.40. The number of rotatable bonds is 15. The van der Waals surface area contributed by atoms with E-state index in [1.54, 1.807) is 12.1 Å². The van der Waals surface area contributed by atoms with Gasteiger partial charge < -0.3 is 10.2 Å². The molecule has 1 N–H and O–H groups in total. The smallest absolute Gasteiger partial charge is 0.227 e. The molecule has 0 saturated carbocycles. The van der Waals surface area contributed by atoms with Crippen molar-refractivity contribution in [2.75, 3.05) is 11.9 Å². The molecule has 1 aromatic carbocycles. The Morgan fingerprint density at radius 3 is 2.33 bits per heavy atom. The Kier molecular flexibility index (Phi) is 12.4. The van der Waals surface area contributed by atoms with Gasteiger partial charge >= 0.3 is 0 Å². The van der Waals surface area contributed by atoms with Crippen LogP contribution >= 0.6 is 22.9 Å². The van der Waals surface area contributed by atoms with Crippen LogP contribution in [0.2, 0.25) is 5.02 Å². The predicted octanol–water partition coefficient (Wildman–Crippen LogP) is 6.95. The molecule has 0 unspecified atom stereocenters. The minimum absolute atomic E-state index is 0.118. The number of amides is 2. The van der Waals surface area contributed by atoms with E-state index in [9.17, 15) is 9.59 Å². The summed E-state index contributed by atoms with van der Waals surface area (Å²) in [5.74, 6) is -0.0162. The highest BCUT2D eigenvalue weighted by molar-refractivity contribution is 7.18. The summed E-state index contributed by atoms with van der Waals surface area (Å²) in [5.41, 5.74) is 0.899. The zero-order chi connectivity index (χ0) is 24.1. The van der Waals surface area contributed by atoms with Crippen LogP contribution < -0.4 is 5.32 Å². The summed E-state index contributed by atoms with van der Waals surface area (Å²) < 4.78 is 0. The van der Waals surface area contributed by atoms with Gasteiger partial charge in [-0.25, -0.2) is 0 Å². The quantitative estimate of drug-likeness (QED) is 0.273. The highest BCUT2D eigenvalue weighted by Crippen LogP contribution is 2.27. The molecule has 0 saturated heterocycles. The van der Waals surface area contributed by atoms with Gasteiger partial charge in [0.05, 0.1) is 0 Å². The van der Waals surface area contributed by atoms with Gasteiger partial charge in [0.25, 0.3) is 0 Å². The fraction of sp³-hybridized carbons (Fsp3) is 0.600. The Labute approximate surface area is 207 Å². The van der Waals surface area contributed by atoms with Gasteiger partial charge in [0.15, 0.2) is 0 Å². The number of aromatic nitrogens is 2.